The van der Waals surface area contributed by atoms with Gasteiger partial charge in [-0.25, -0.2) is 4.98 Å². The third kappa shape index (κ3) is 1.64. The molecule has 2 heterocycles. The summed E-state index contributed by atoms with van der Waals surface area (Å²) in [5.41, 5.74) is 2.50. The number of rotatable bonds is 2. The molecule has 1 N–H and O–H groups in total. The SMILES string of the molecule is Cc1c(CO)nc(-c2ccccn2)n1C. The molecule has 2 rings (SSSR count). The number of nitrogens with zero attached hydrogens (tertiary/aromatic N) is 3. The van der Waals surface area contributed by atoms with Crippen molar-refractivity contribution in [2.24, 2.45) is 7.05 Å². The molecule has 0 bridgehead atoms. The number of hydrogen-bond donors (Lipinski definition) is 1. The Morgan fingerprint density at radius 1 is 1.40 bits per heavy atom. The number of pyridine rings is 1. The van der Waals surface area contributed by atoms with E-state index in [0.717, 1.165) is 17.2 Å². The van der Waals surface area contributed by atoms with E-state index in [1.807, 2.05) is 36.7 Å². The summed E-state index contributed by atoms with van der Waals surface area (Å²) in [6.45, 7) is 1.90. The number of aromatic nitrogens is 3. The summed E-state index contributed by atoms with van der Waals surface area (Å²) in [6, 6.07) is 5.69. The van der Waals surface area contributed by atoms with Gasteiger partial charge in [0, 0.05) is 18.9 Å². The lowest BCUT2D eigenvalue weighted by atomic mass is 10.3. The lowest BCUT2D eigenvalue weighted by molar-refractivity contribution is 0.276. The predicted octanol–water partition coefficient (Wildman–Crippen LogP) is 1.28. The first kappa shape index (κ1) is 9.86. The number of imidazole rings is 1. The van der Waals surface area contributed by atoms with Crippen LogP contribution in [-0.2, 0) is 13.7 Å². The molecule has 4 nitrogen and oxygen atoms in total. The number of aliphatic hydroxyl groups excluding tert-OH is 1. The lowest BCUT2D eigenvalue weighted by Gasteiger charge is -2.01. The lowest BCUT2D eigenvalue weighted by Crippen LogP contribution is -1.96. The van der Waals surface area contributed by atoms with E-state index < -0.39 is 0 Å². The van der Waals surface area contributed by atoms with Gasteiger partial charge in [-0.1, -0.05) is 6.07 Å². The van der Waals surface area contributed by atoms with Crippen LogP contribution in [0, 0.1) is 6.92 Å². The first-order valence-electron chi connectivity index (χ1n) is 4.78. The van der Waals surface area contributed by atoms with Gasteiger partial charge in [0.1, 0.15) is 5.69 Å². The summed E-state index contributed by atoms with van der Waals surface area (Å²) in [4.78, 5) is 8.58. The van der Waals surface area contributed by atoms with Crippen molar-refractivity contribution in [3.8, 4) is 11.5 Å². The Morgan fingerprint density at radius 3 is 2.73 bits per heavy atom. The van der Waals surface area contributed by atoms with E-state index >= 15 is 0 Å². The van der Waals surface area contributed by atoms with E-state index in [1.165, 1.54) is 0 Å². The second-order valence-electron chi connectivity index (χ2n) is 3.40. The minimum atomic E-state index is -0.0352. The highest BCUT2D eigenvalue weighted by molar-refractivity contribution is 5.51. The number of aliphatic hydroxyl groups is 1. The maximum atomic E-state index is 9.11. The van der Waals surface area contributed by atoms with Crippen LogP contribution < -0.4 is 0 Å². The third-order valence-electron chi connectivity index (χ3n) is 2.52. The van der Waals surface area contributed by atoms with Gasteiger partial charge >= 0.3 is 0 Å². The fourth-order valence-electron chi connectivity index (χ4n) is 1.51. The van der Waals surface area contributed by atoms with Gasteiger partial charge in [-0.3, -0.25) is 4.98 Å². The molecule has 0 saturated carbocycles. The van der Waals surface area contributed by atoms with Crippen molar-refractivity contribution in [3.63, 3.8) is 0 Å². The molecule has 0 aliphatic heterocycles. The quantitative estimate of drug-likeness (QED) is 0.800. The largest absolute Gasteiger partial charge is 0.390 e. The van der Waals surface area contributed by atoms with E-state index in [1.54, 1.807) is 6.20 Å². The molecular formula is C11H13N3O. The minimum Gasteiger partial charge on any atom is -0.390 e. The Balaban J connectivity index is 2.55. The Hall–Kier alpha value is -1.68. The molecule has 78 valence electrons. The van der Waals surface area contributed by atoms with Crippen molar-refractivity contribution in [3.05, 3.63) is 35.8 Å². The molecule has 0 atom stereocenters. The minimum absolute atomic E-state index is 0.0352. The van der Waals surface area contributed by atoms with E-state index in [4.69, 9.17) is 5.11 Å². The van der Waals surface area contributed by atoms with Crippen LogP contribution in [0.1, 0.15) is 11.4 Å². The first-order valence-corrected chi connectivity index (χ1v) is 4.78. The molecule has 0 aromatic carbocycles. The van der Waals surface area contributed by atoms with Crippen molar-refractivity contribution in [1.29, 1.82) is 0 Å². The van der Waals surface area contributed by atoms with Crippen LogP contribution in [0.3, 0.4) is 0 Å². The smallest absolute Gasteiger partial charge is 0.158 e. The van der Waals surface area contributed by atoms with Crippen LogP contribution in [0.25, 0.3) is 11.5 Å². The molecular weight excluding hydrogens is 190 g/mol. The predicted molar refractivity (Wildman–Crippen MR) is 57.1 cm³/mol. The van der Waals surface area contributed by atoms with Gasteiger partial charge < -0.3 is 9.67 Å². The van der Waals surface area contributed by atoms with Crippen LogP contribution in [0.15, 0.2) is 24.4 Å². The van der Waals surface area contributed by atoms with Crippen molar-refractivity contribution < 1.29 is 5.11 Å². The van der Waals surface area contributed by atoms with Gasteiger partial charge in [-0.05, 0) is 19.1 Å². The van der Waals surface area contributed by atoms with Gasteiger partial charge in [0.05, 0.1) is 12.3 Å². The topological polar surface area (TPSA) is 50.9 Å². The molecule has 0 unspecified atom stereocenters. The third-order valence-corrected chi connectivity index (χ3v) is 2.52. The van der Waals surface area contributed by atoms with Crippen LogP contribution >= 0.6 is 0 Å². The zero-order valence-electron chi connectivity index (χ0n) is 8.81. The molecule has 4 heteroatoms. The van der Waals surface area contributed by atoms with Crippen LogP contribution in [-0.4, -0.2) is 19.6 Å². The molecule has 0 aliphatic rings. The highest BCUT2D eigenvalue weighted by atomic mass is 16.3. The van der Waals surface area contributed by atoms with E-state index in [9.17, 15) is 0 Å². The molecule has 0 saturated heterocycles. The maximum Gasteiger partial charge on any atom is 0.158 e. The molecule has 0 fully saturated rings. The monoisotopic (exact) mass is 203 g/mol. The van der Waals surface area contributed by atoms with Gasteiger partial charge in [-0.15, -0.1) is 0 Å². The first-order chi connectivity index (χ1) is 7.24. The van der Waals surface area contributed by atoms with Gasteiger partial charge in [-0.2, -0.15) is 0 Å². The average Bonchev–Trinajstić information content (AvgIpc) is 2.57. The average molecular weight is 203 g/mol. The van der Waals surface area contributed by atoms with E-state index in [0.29, 0.717) is 5.69 Å². The molecule has 15 heavy (non-hydrogen) atoms. The fourth-order valence-corrected chi connectivity index (χ4v) is 1.51. The van der Waals surface area contributed by atoms with E-state index in [2.05, 4.69) is 9.97 Å². The molecule has 2 aromatic heterocycles. The highest BCUT2D eigenvalue weighted by Gasteiger charge is 2.12. The van der Waals surface area contributed by atoms with Gasteiger partial charge in [0.15, 0.2) is 5.82 Å². The van der Waals surface area contributed by atoms with E-state index in [-0.39, 0.29) is 6.61 Å². The zero-order valence-corrected chi connectivity index (χ0v) is 8.81. The second kappa shape index (κ2) is 3.82. The normalized spacial score (nSPS) is 10.6. The highest BCUT2D eigenvalue weighted by Crippen LogP contribution is 2.18. The van der Waals surface area contributed by atoms with Crippen LogP contribution in [0.5, 0.6) is 0 Å². The van der Waals surface area contributed by atoms with Crippen LogP contribution in [0.2, 0.25) is 0 Å². The van der Waals surface area contributed by atoms with Gasteiger partial charge in [0.2, 0.25) is 0 Å². The Bertz CT molecular complexity index is 462. The zero-order chi connectivity index (χ0) is 10.8. The summed E-state index contributed by atoms with van der Waals surface area (Å²) in [7, 11) is 1.92. The Labute approximate surface area is 88.2 Å². The summed E-state index contributed by atoms with van der Waals surface area (Å²) in [5, 5.41) is 9.11. The molecule has 0 radical (unpaired) electrons. The summed E-state index contributed by atoms with van der Waals surface area (Å²) < 4.78 is 1.94. The second-order valence-corrected chi connectivity index (χ2v) is 3.40. The van der Waals surface area contributed by atoms with Crippen LogP contribution in [0.4, 0.5) is 0 Å². The van der Waals surface area contributed by atoms with Crippen molar-refractivity contribution in [1.82, 2.24) is 14.5 Å². The Kier molecular flexibility index (Phi) is 2.51. The van der Waals surface area contributed by atoms with Crippen molar-refractivity contribution in [2.75, 3.05) is 0 Å². The summed E-state index contributed by atoms with van der Waals surface area (Å²) in [5.74, 6) is 0.789. The van der Waals surface area contributed by atoms with Crippen molar-refractivity contribution in [2.45, 2.75) is 13.5 Å². The molecule has 2 aromatic rings. The van der Waals surface area contributed by atoms with Gasteiger partial charge in [0.25, 0.3) is 0 Å². The fraction of sp³-hybridized carbons (Fsp3) is 0.273. The summed E-state index contributed by atoms with van der Waals surface area (Å²) in [6.07, 6.45) is 1.73. The molecule has 0 spiro atoms. The standard InChI is InChI=1S/C11H13N3O/c1-8-10(7-15)13-11(14(8)2)9-5-3-4-6-12-9/h3-6,15H,7H2,1-2H3. The summed E-state index contributed by atoms with van der Waals surface area (Å²) >= 11 is 0. The number of hydrogen-bond acceptors (Lipinski definition) is 3. The molecule has 0 aliphatic carbocycles. The van der Waals surface area contributed by atoms with Crippen molar-refractivity contribution >= 4 is 0 Å². The molecule has 0 amide bonds. The Morgan fingerprint density at radius 2 is 2.20 bits per heavy atom. The maximum absolute atomic E-state index is 9.11.